The van der Waals surface area contributed by atoms with Crippen LogP contribution in [0.15, 0.2) is 35.3 Å². The number of rotatable bonds is 29. The van der Waals surface area contributed by atoms with Crippen LogP contribution in [0.5, 0.6) is 0 Å². The molecule has 0 unspecified atom stereocenters. The topological polar surface area (TPSA) is 406 Å². The minimum atomic E-state index is -1.63. The van der Waals surface area contributed by atoms with E-state index in [0.717, 1.165) is 4.90 Å². The van der Waals surface area contributed by atoms with Gasteiger partial charge in [-0.25, -0.2) is 4.79 Å². The molecule has 1 aliphatic rings. The van der Waals surface area contributed by atoms with Gasteiger partial charge in [-0.3, -0.25) is 43.3 Å². The first-order valence-corrected chi connectivity index (χ1v) is 21.9. The highest BCUT2D eigenvalue weighted by molar-refractivity contribution is 5.97. The zero-order valence-corrected chi connectivity index (χ0v) is 37.7. The summed E-state index contributed by atoms with van der Waals surface area (Å²) < 4.78 is 0. The van der Waals surface area contributed by atoms with E-state index in [9.17, 15) is 58.5 Å². The molecule has 2 rings (SSSR count). The summed E-state index contributed by atoms with van der Waals surface area (Å²) in [7, 11) is 0. The van der Waals surface area contributed by atoms with Crippen LogP contribution in [-0.4, -0.2) is 154 Å². The fourth-order valence-electron chi connectivity index (χ4n) is 6.91. The van der Waals surface area contributed by atoms with Crippen molar-refractivity contribution in [2.75, 3.05) is 26.2 Å². The van der Waals surface area contributed by atoms with Gasteiger partial charge >= 0.3 is 11.9 Å². The summed E-state index contributed by atoms with van der Waals surface area (Å²) in [5.74, 6) is -8.76. The molecule has 1 aliphatic heterocycles. The Morgan fingerprint density at radius 2 is 1.38 bits per heavy atom. The predicted octanol–water partition coefficient (Wildman–Crippen LogP) is -3.74. The fourth-order valence-corrected chi connectivity index (χ4v) is 6.91. The maximum absolute atomic E-state index is 13.7. The number of carbonyl (C=O) groups excluding carboxylic acids is 7. The van der Waals surface area contributed by atoms with Gasteiger partial charge in [-0.1, -0.05) is 44.2 Å². The van der Waals surface area contributed by atoms with Crippen molar-refractivity contribution in [1.82, 2.24) is 36.8 Å². The van der Waals surface area contributed by atoms with Crippen molar-refractivity contribution in [1.29, 1.82) is 0 Å². The highest BCUT2D eigenvalue weighted by Gasteiger charge is 2.40. The Labute approximate surface area is 383 Å². The molecule has 0 bridgehead atoms. The first-order valence-electron chi connectivity index (χ1n) is 21.9. The number of likely N-dealkylation sites (tertiary alicyclic amines) is 1. The minimum Gasteiger partial charge on any atom is -0.481 e. The zero-order chi connectivity index (χ0) is 49.5. The number of guanidine groups is 1. The second kappa shape index (κ2) is 28.5. The number of aliphatic carboxylic acids is 2. The highest BCUT2D eigenvalue weighted by atomic mass is 16.4. The summed E-state index contributed by atoms with van der Waals surface area (Å²) in [6.07, 6.45) is -0.808. The van der Waals surface area contributed by atoms with Gasteiger partial charge in [0.25, 0.3) is 0 Å². The normalized spacial score (nSPS) is 16.5. The molecule has 1 saturated heterocycles. The van der Waals surface area contributed by atoms with Gasteiger partial charge in [-0.15, -0.1) is 0 Å². The summed E-state index contributed by atoms with van der Waals surface area (Å²) in [5.41, 5.74) is 23.1. The molecule has 24 heteroatoms. The molecule has 0 aromatic heterocycles. The number of nitrogens with zero attached hydrogens (tertiary/aromatic N) is 2. The Bertz CT molecular complexity index is 1850. The average Bonchev–Trinajstić information content (AvgIpc) is 3.76. The predicted molar refractivity (Wildman–Crippen MR) is 239 cm³/mol. The van der Waals surface area contributed by atoms with Crippen molar-refractivity contribution in [2.24, 2.45) is 33.8 Å². The molecule has 1 heterocycles. The molecule has 368 valence electrons. The van der Waals surface area contributed by atoms with E-state index in [1.165, 1.54) is 6.92 Å². The van der Waals surface area contributed by atoms with E-state index >= 15 is 0 Å². The van der Waals surface area contributed by atoms with Gasteiger partial charge in [0, 0.05) is 25.9 Å². The molecule has 24 nitrogen and oxygen atoms in total. The van der Waals surface area contributed by atoms with Crippen molar-refractivity contribution < 1.29 is 58.5 Å². The molecule has 1 aromatic rings. The van der Waals surface area contributed by atoms with E-state index < -0.39 is 115 Å². The summed E-state index contributed by atoms with van der Waals surface area (Å²) in [4.78, 5) is 123. The molecule has 0 spiro atoms. The molecule has 66 heavy (non-hydrogen) atoms. The first-order chi connectivity index (χ1) is 31.2. The molecule has 17 N–H and O–H groups in total. The molecule has 0 radical (unpaired) electrons. The van der Waals surface area contributed by atoms with Crippen LogP contribution in [0.2, 0.25) is 0 Å². The molecule has 7 amide bonds. The second-order valence-electron chi connectivity index (χ2n) is 16.4. The number of aliphatic imine (C=N–C) groups is 1. The van der Waals surface area contributed by atoms with Crippen LogP contribution in [-0.2, 0) is 49.6 Å². The Morgan fingerprint density at radius 1 is 0.773 bits per heavy atom. The number of nitrogens with two attached hydrogens (primary N) is 4. The van der Waals surface area contributed by atoms with Crippen LogP contribution in [0.3, 0.4) is 0 Å². The van der Waals surface area contributed by atoms with Crippen molar-refractivity contribution in [3.63, 3.8) is 0 Å². The summed E-state index contributed by atoms with van der Waals surface area (Å²) in [6.45, 7) is 4.27. The third-order valence-corrected chi connectivity index (χ3v) is 10.7. The van der Waals surface area contributed by atoms with Crippen LogP contribution in [0.4, 0.5) is 0 Å². The number of carbonyl (C=O) groups is 9. The average molecular weight is 933 g/mol. The number of carboxylic acid groups (broad SMARTS) is 2. The number of benzene rings is 1. The SMILES string of the molecule is CC(C)[C@H](N)C(=O)N[C@@H](CCC(=O)O)C(=O)N1CCC[C@H]1C(=O)N[C@H](C(=O)NCC(=O)N[C@@H](CCCCN)C(=O)N[C@@H](CCCN=C(N)N)C(=O)N[C@@H](Cc1ccccc1)C(=O)O)[C@@H](C)O. The maximum atomic E-state index is 13.7. The van der Waals surface area contributed by atoms with Gasteiger partial charge in [0.05, 0.1) is 18.7 Å². The summed E-state index contributed by atoms with van der Waals surface area (Å²) >= 11 is 0. The van der Waals surface area contributed by atoms with E-state index in [1.54, 1.807) is 44.2 Å². The standard InChI is InChI=1S/C42H68N12O12/c1-23(2)33(44)38(62)51-28(16-17-32(57)58)40(64)54-20-10-15-30(54)37(61)53-34(24(3)55)39(63)48-22-31(56)49-26(13-7-8-18-43)35(59)50-27(14-9-19-47-42(45)46)36(60)52-29(41(65)66)21-25-11-5-4-6-12-25/h4-6,11-12,23-24,26-30,33-34,55H,7-10,13-22,43-44H2,1-3H3,(H,48,63)(H,49,56)(H,50,59)(H,51,62)(H,52,60)(H,53,61)(H,57,58)(H,65,66)(H4,45,46,47)/t24-,26+,27+,28+,29+,30+,33+,34+/m1/s1. The maximum Gasteiger partial charge on any atom is 0.326 e. The molecule has 0 aliphatic carbocycles. The van der Waals surface area contributed by atoms with Gasteiger partial charge in [-0.2, -0.15) is 0 Å². The first kappa shape index (κ1) is 55.7. The number of nitrogens with one attached hydrogen (secondary N) is 6. The van der Waals surface area contributed by atoms with Crippen molar-refractivity contribution in [3.8, 4) is 0 Å². The monoisotopic (exact) mass is 933 g/mol. The number of hydrogen-bond acceptors (Lipinski definition) is 13. The fraction of sp³-hybridized carbons (Fsp3) is 0.619. The summed E-state index contributed by atoms with van der Waals surface area (Å²) in [5, 5.41) is 44.5. The van der Waals surface area contributed by atoms with Crippen molar-refractivity contribution in [3.05, 3.63) is 35.9 Å². The molecule has 1 fully saturated rings. The van der Waals surface area contributed by atoms with E-state index in [1.807, 2.05) is 0 Å². The lowest BCUT2D eigenvalue weighted by Crippen LogP contribution is -2.60. The molecular weight excluding hydrogens is 865 g/mol. The van der Waals surface area contributed by atoms with Crippen LogP contribution in [0.25, 0.3) is 0 Å². The molecule has 8 atom stereocenters. The molecular formula is C42H68N12O12. The Morgan fingerprint density at radius 3 is 1.95 bits per heavy atom. The van der Waals surface area contributed by atoms with Gasteiger partial charge in [0.15, 0.2) is 5.96 Å². The quantitative estimate of drug-likeness (QED) is 0.0209. The van der Waals surface area contributed by atoms with Gasteiger partial charge in [-0.05, 0) is 76.3 Å². The van der Waals surface area contributed by atoms with Crippen molar-refractivity contribution >= 4 is 59.2 Å². The minimum absolute atomic E-state index is 0.0281. The van der Waals surface area contributed by atoms with Crippen LogP contribution >= 0.6 is 0 Å². The number of carboxylic acids is 2. The third kappa shape index (κ3) is 19.4. The number of hydrogen-bond donors (Lipinski definition) is 13. The lowest BCUT2D eigenvalue weighted by molar-refractivity contribution is -0.144. The molecule has 1 aromatic carbocycles. The third-order valence-electron chi connectivity index (χ3n) is 10.7. The van der Waals surface area contributed by atoms with E-state index in [-0.39, 0.29) is 70.0 Å². The zero-order valence-electron chi connectivity index (χ0n) is 37.7. The van der Waals surface area contributed by atoms with E-state index in [4.69, 9.17) is 22.9 Å². The van der Waals surface area contributed by atoms with Crippen LogP contribution in [0.1, 0.15) is 84.1 Å². The highest BCUT2D eigenvalue weighted by Crippen LogP contribution is 2.21. The number of amides is 7. The number of aliphatic hydroxyl groups is 1. The Kier molecular flexibility index (Phi) is 24.1. The second-order valence-corrected chi connectivity index (χ2v) is 16.4. The lowest BCUT2D eigenvalue weighted by atomic mass is 10.0. The van der Waals surface area contributed by atoms with E-state index in [0.29, 0.717) is 24.8 Å². The Hall–Kier alpha value is -6.40. The molecule has 0 saturated carbocycles. The van der Waals surface area contributed by atoms with E-state index in [2.05, 4.69) is 36.9 Å². The van der Waals surface area contributed by atoms with Crippen LogP contribution in [0, 0.1) is 5.92 Å². The summed E-state index contributed by atoms with van der Waals surface area (Å²) in [6, 6.07) is -0.452. The van der Waals surface area contributed by atoms with Gasteiger partial charge in [0.2, 0.25) is 41.4 Å². The number of aliphatic hydroxyl groups excluding tert-OH is 1. The van der Waals surface area contributed by atoms with Gasteiger partial charge in [0.1, 0.15) is 36.3 Å². The smallest absolute Gasteiger partial charge is 0.326 e. The van der Waals surface area contributed by atoms with Gasteiger partial charge < -0.3 is 75.1 Å². The Balaban J connectivity index is 2.18. The largest absolute Gasteiger partial charge is 0.481 e. The van der Waals surface area contributed by atoms with Crippen LogP contribution < -0.4 is 54.8 Å². The van der Waals surface area contributed by atoms with Crippen molar-refractivity contribution in [2.45, 2.75) is 133 Å². The lowest BCUT2D eigenvalue weighted by Gasteiger charge is -2.30. The number of unbranched alkanes of at least 4 members (excludes halogenated alkanes) is 1.